The molecule has 0 aliphatic carbocycles. The lowest BCUT2D eigenvalue weighted by Crippen LogP contribution is -2.27. The van der Waals surface area contributed by atoms with Crippen molar-refractivity contribution in [3.05, 3.63) is 0 Å². The van der Waals surface area contributed by atoms with E-state index in [0.717, 1.165) is 6.34 Å². The van der Waals surface area contributed by atoms with Gasteiger partial charge >= 0.3 is 6.03 Å². The molecule has 11 heavy (non-hydrogen) atoms. The van der Waals surface area contributed by atoms with Crippen molar-refractivity contribution in [2.24, 2.45) is 10.9 Å². The van der Waals surface area contributed by atoms with E-state index in [2.05, 4.69) is 34.9 Å². The van der Waals surface area contributed by atoms with Crippen molar-refractivity contribution in [2.75, 3.05) is 7.11 Å². The second-order valence-electron chi connectivity index (χ2n) is 1.63. The molecule has 0 bridgehead atoms. The van der Waals surface area contributed by atoms with Crippen LogP contribution >= 0.6 is 0 Å². The van der Waals surface area contributed by atoms with E-state index in [9.17, 15) is 4.79 Å². The standard InChI is InChI=1S/C3H7N3O2.C3H8/c1-8-6-2-5-3(4)7;1-3-2/h2H,1H3,(H3,4,5,6,7);3H2,1-2H3. The lowest BCUT2D eigenvalue weighted by Gasteiger charge is -1.87. The second-order valence-corrected chi connectivity index (χ2v) is 1.63. The molecule has 0 atom stereocenters. The third-order valence-corrected chi connectivity index (χ3v) is 0.365. The largest absolute Gasteiger partial charge is 0.398 e. The van der Waals surface area contributed by atoms with Crippen LogP contribution in [-0.2, 0) is 4.84 Å². The van der Waals surface area contributed by atoms with Crippen LogP contribution in [0.25, 0.3) is 0 Å². The van der Waals surface area contributed by atoms with Gasteiger partial charge in [0.25, 0.3) is 0 Å². The second kappa shape index (κ2) is 11.5. The molecule has 0 spiro atoms. The number of nitrogens with zero attached hydrogens (tertiary/aromatic N) is 1. The number of amides is 2. The Kier molecular flexibility index (Phi) is 13.0. The summed E-state index contributed by atoms with van der Waals surface area (Å²) in [5.74, 6) is 0. The van der Waals surface area contributed by atoms with Gasteiger partial charge in [-0.3, -0.25) is 5.32 Å². The average Bonchev–Trinajstić information content (AvgIpc) is 1.89. The number of oxime groups is 1. The summed E-state index contributed by atoms with van der Waals surface area (Å²) in [5.41, 5.74) is 4.64. The zero-order chi connectivity index (χ0) is 9.11. The van der Waals surface area contributed by atoms with Gasteiger partial charge < -0.3 is 10.6 Å². The van der Waals surface area contributed by atoms with Gasteiger partial charge in [-0.05, 0) is 0 Å². The van der Waals surface area contributed by atoms with E-state index in [1.165, 1.54) is 13.5 Å². The van der Waals surface area contributed by atoms with Crippen molar-refractivity contribution in [3.8, 4) is 0 Å². The quantitative estimate of drug-likeness (QED) is 0.354. The van der Waals surface area contributed by atoms with Crippen LogP contribution in [0.15, 0.2) is 5.16 Å². The maximum atomic E-state index is 9.84. The third-order valence-electron chi connectivity index (χ3n) is 0.365. The highest BCUT2D eigenvalue weighted by Crippen LogP contribution is 1.58. The lowest BCUT2D eigenvalue weighted by molar-refractivity contribution is 0.213. The first kappa shape index (κ1) is 12.4. The molecule has 0 saturated carbocycles. The van der Waals surface area contributed by atoms with Gasteiger partial charge in [0.15, 0.2) is 0 Å². The molecule has 0 rings (SSSR count). The molecule has 66 valence electrons. The highest BCUT2D eigenvalue weighted by Gasteiger charge is 1.80. The van der Waals surface area contributed by atoms with Gasteiger partial charge in [0, 0.05) is 0 Å². The fourth-order valence-corrected chi connectivity index (χ4v) is 0.143. The van der Waals surface area contributed by atoms with E-state index in [1.807, 2.05) is 0 Å². The average molecular weight is 161 g/mol. The third kappa shape index (κ3) is 28.4. The summed E-state index contributed by atoms with van der Waals surface area (Å²) < 4.78 is 0. The summed E-state index contributed by atoms with van der Waals surface area (Å²) in [6.07, 6.45) is 2.31. The van der Waals surface area contributed by atoms with E-state index < -0.39 is 6.03 Å². The van der Waals surface area contributed by atoms with E-state index in [1.54, 1.807) is 0 Å². The molecule has 0 saturated heterocycles. The maximum absolute atomic E-state index is 9.84. The Morgan fingerprint density at radius 2 is 2.18 bits per heavy atom. The summed E-state index contributed by atoms with van der Waals surface area (Å²) in [4.78, 5) is 14.0. The summed E-state index contributed by atoms with van der Waals surface area (Å²) in [5, 5.41) is 5.24. The fraction of sp³-hybridized carbons (Fsp3) is 0.667. The Bertz CT molecular complexity index is 114. The molecule has 5 nitrogen and oxygen atoms in total. The van der Waals surface area contributed by atoms with E-state index >= 15 is 0 Å². The number of carbonyl (C=O) groups excluding carboxylic acids is 1. The first-order valence-corrected chi connectivity index (χ1v) is 3.29. The molecule has 0 unspecified atom stereocenters. The Morgan fingerprint density at radius 1 is 1.73 bits per heavy atom. The highest BCUT2D eigenvalue weighted by atomic mass is 16.6. The lowest BCUT2D eigenvalue weighted by atomic mass is 10.6. The topological polar surface area (TPSA) is 76.7 Å². The van der Waals surface area contributed by atoms with Crippen LogP contribution in [0.1, 0.15) is 20.3 Å². The summed E-state index contributed by atoms with van der Waals surface area (Å²) in [6, 6.07) is -0.661. The molecule has 0 aliphatic heterocycles. The number of nitrogens with one attached hydrogen (secondary N) is 1. The molecular weight excluding hydrogens is 146 g/mol. The molecule has 0 aromatic heterocycles. The van der Waals surface area contributed by atoms with Crippen LogP contribution in [-0.4, -0.2) is 19.5 Å². The zero-order valence-electron chi connectivity index (χ0n) is 7.13. The predicted octanol–water partition coefficient (Wildman–Crippen LogP) is 0.661. The fourth-order valence-electron chi connectivity index (χ4n) is 0.143. The van der Waals surface area contributed by atoms with Crippen molar-refractivity contribution in [2.45, 2.75) is 20.3 Å². The van der Waals surface area contributed by atoms with Gasteiger partial charge in [-0.1, -0.05) is 25.4 Å². The number of nitrogens with two attached hydrogens (primary N) is 1. The Labute approximate surface area is 66.6 Å². The van der Waals surface area contributed by atoms with Crippen molar-refractivity contribution in [1.82, 2.24) is 5.32 Å². The van der Waals surface area contributed by atoms with E-state index in [-0.39, 0.29) is 0 Å². The van der Waals surface area contributed by atoms with Crippen molar-refractivity contribution < 1.29 is 9.63 Å². The van der Waals surface area contributed by atoms with Gasteiger partial charge in [0.2, 0.25) is 0 Å². The van der Waals surface area contributed by atoms with Crippen molar-refractivity contribution >= 4 is 12.4 Å². The molecule has 0 aromatic carbocycles. The van der Waals surface area contributed by atoms with Crippen molar-refractivity contribution in [1.29, 1.82) is 0 Å². The van der Waals surface area contributed by atoms with Gasteiger partial charge in [-0.15, -0.1) is 0 Å². The van der Waals surface area contributed by atoms with Gasteiger partial charge in [-0.2, -0.15) is 0 Å². The summed E-state index contributed by atoms with van der Waals surface area (Å²) >= 11 is 0. The summed E-state index contributed by atoms with van der Waals surface area (Å²) in [7, 11) is 1.36. The molecular formula is C6H15N3O2. The van der Waals surface area contributed by atoms with Crippen molar-refractivity contribution in [3.63, 3.8) is 0 Å². The molecule has 0 heterocycles. The molecule has 0 radical (unpaired) electrons. The molecule has 0 aliphatic rings. The first-order chi connectivity index (χ1) is 5.18. The first-order valence-electron chi connectivity index (χ1n) is 3.29. The number of primary amides is 1. The minimum atomic E-state index is -0.661. The van der Waals surface area contributed by atoms with Crippen LogP contribution < -0.4 is 11.1 Å². The predicted molar refractivity (Wildman–Crippen MR) is 44.2 cm³/mol. The van der Waals surface area contributed by atoms with Gasteiger partial charge in [-0.25, -0.2) is 4.79 Å². The number of hydrogen-bond acceptors (Lipinski definition) is 3. The SMILES string of the molecule is CCC.CO/N=C/NC(N)=O. The normalized spacial score (nSPS) is 8.27. The minimum Gasteiger partial charge on any atom is -0.398 e. The maximum Gasteiger partial charge on any atom is 0.317 e. The molecule has 2 amide bonds. The monoisotopic (exact) mass is 161 g/mol. The Balaban J connectivity index is 0. The minimum absolute atomic E-state index is 0.661. The zero-order valence-corrected chi connectivity index (χ0v) is 7.13. The summed E-state index contributed by atoms with van der Waals surface area (Å²) in [6.45, 7) is 4.25. The smallest absolute Gasteiger partial charge is 0.317 e. The van der Waals surface area contributed by atoms with Crippen LogP contribution in [0.2, 0.25) is 0 Å². The highest BCUT2D eigenvalue weighted by molar-refractivity contribution is 5.84. The molecule has 3 N–H and O–H groups in total. The van der Waals surface area contributed by atoms with Gasteiger partial charge in [0.1, 0.15) is 13.4 Å². The molecule has 0 aromatic rings. The molecule has 0 fully saturated rings. The van der Waals surface area contributed by atoms with Gasteiger partial charge in [0.05, 0.1) is 0 Å². The van der Waals surface area contributed by atoms with Crippen LogP contribution in [0.3, 0.4) is 0 Å². The number of urea groups is 1. The number of rotatable bonds is 2. The Morgan fingerprint density at radius 3 is 2.45 bits per heavy atom. The van der Waals surface area contributed by atoms with E-state index in [0.29, 0.717) is 0 Å². The van der Waals surface area contributed by atoms with E-state index in [4.69, 9.17) is 0 Å². The Hall–Kier alpha value is -1.26. The van der Waals surface area contributed by atoms with Crippen LogP contribution in [0, 0.1) is 0 Å². The number of hydrogen-bond donors (Lipinski definition) is 2. The van der Waals surface area contributed by atoms with Crippen LogP contribution in [0.4, 0.5) is 4.79 Å². The number of carbonyl (C=O) groups is 1. The molecule has 5 heteroatoms. The van der Waals surface area contributed by atoms with Crippen LogP contribution in [0.5, 0.6) is 0 Å².